The van der Waals surface area contributed by atoms with Gasteiger partial charge in [-0.2, -0.15) is 0 Å². The molecule has 0 aliphatic heterocycles. The van der Waals surface area contributed by atoms with Gasteiger partial charge in [0.1, 0.15) is 5.75 Å². The van der Waals surface area contributed by atoms with Gasteiger partial charge in [0, 0.05) is 18.6 Å². The lowest BCUT2D eigenvalue weighted by Crippen LogP contribution is -2.15. The van der Waals surface area contributed by atoms with Crippen LogP contribution >= 0.6 is 11.6 Å². The van der Waals surface area contributed by atoms with Crippen LogP contribution < -0.4 is 4.74 Å². The van der Waals surface area contributed by atoms with Crippen molar-refractivity contribution in [3.8, 4) is 5.75 Å². The molecule has 3 nitrogen and oxygen atoms in total. The van der Waals surface area contributed by atoms with Gasteiger partial charge in [0.2, 0.25) is 0 Å². The third-order valence-corrected chi connectivity index (χ3v) is 3.24. The quantitative estimate of drug-likeness (QED) is 0.829. The summed E-state index contributed by atoms with van der Waals surface area (Å²) in [7, 11) is 3.29. The molecule has 0 amide bonds. The van der Waals surface area contributed by atoms with E-state index in [1.807, 2.05) is 19.1 Å². The second kappa shape index (κ2) is 7.62. The summed E-state index contributed by atoms with van der Waals surface area (Å²) in [4.78, 5) is 0. The Morgan fingerprint density at radius 3 is 2.61 bits per heavy atom. The van der Waals surface area contributed by atoms with Gasteiger partial charge in [-0.15, -0.1) is 0 Å². The lowest BCUT2D eigenvalue weighted by molar-refractivity contribution is 0.0850. The Kier molecular flexibility index (Phi) is 6.47. The molecule has 0 saturated heterocycles. The van der Waals surface area contributed by atoms with Crippen molar-refractivity contribution in [1.29, 1.82) is 0 Å². The second-order valence-corrected chi connectivity index (χ2v) is 4.87. The second-order valence-electron chi connectivity index (χ2n) is 4.44. The topological polar surface area (TPSA) is 38.7 Å². The van der Waals surface area contributed by atoms with E-state index >= 15 is 0 Å². The molecule has 1 rings (SSSR count). The summed E-state index contributed by atoms with van der Waals surface area (Å²) < 4.78 is 10.4. The minimum atomic E-state index is -0.407. The standard InChI is InChI=1S/C14H21ClO3/c1-10(17-2)4-6-13(16)9-11-8-12(15)5-7-14(11)18-3/h5,7-8,10,13,16H,4,6,9H2,1-3H3. The van der Waals surface area contributed by atoms with Gasteiger partial charge in [0.15, 0.2) is 0 Å². The number of benzene rings is 1. The van der Waals surface area contributed by atoms with Crippen LogP contribution in [0.3, 0.4) is 0 Å². The molecule has 2 unspecified atom stereocenters. The molecule has 4 heteroatoms. The fourth-order valence-electron chi connectivity index (χ4n) is 1.81. The Morgan fingerprint density at radius 2 is 2.00 bits per heavy atom. The van der Waals surface area contributed by atoms with E-state index in [-0.39, 0.29) is 6.10 Å². The van der Waals surface area contributed by atoms with Crippen molar-refractivity contribution in [2.75, 3.05) is 14.2 Å². The van der Waals surface area contributed by atoms with Crippen molar-refractivity contribution < 1.29 is 14.6 Å². The van der Waals surface area contributed by atoms with Gasteiger partial charge in [0.05, 0.1) is 19.3 Å². The first-order valence-corrected chi connectivity index (χ1v) is 6.48. The lowest BCUT2D eigenvalue weighted by Gasteiger charge is -2.15. The van der Waals surface area contributed by atoms with Gasteiger partial charge < -0.3 is 14.6 Å². The molecule has 0 aliphatic rings. The molecule has 0 radical (unpaired) electrons. The summed E-state index contributed by atoms with van der Waals surface area (Å²) in [5.41, 5.74) is 0.933. The number of ether oxygens (including phenoxy) is 2. The molecule has 102 valence electrons. The maximum Gasteiger partial charge on any atom is 0.122 e. The van der Waals surface area contributed by atoms with Crippen LogP contribution in [0, 0.1) is 0 Å². The lowest BCUT2D eigenvalue weighted by atomic mass is 10.0. The van der Waals surface area contributed by atoms with Crippen LogP contribution in [0.2, 0.25) is 5.02 Å². The molecule has 1 aromatic carbocycles. The average Bonchev–Trinajstić information content (AvgIpc) is 2.36. The van der Waals surface area contributed by atoms with Crippen molar-refractivity contribution in [3.63, 3.8) is 0 Å². The number of aliphatic hydroxyl groups is 1. The minimum absolute atomic E-state index is 0.168. The van der Waals surface area contributed by atoms with E-state index < -0.39 is 6.10 Å². The van der Waals surface area contributed by atoms with Crippen LogP contribution in [0.4, 0.5) is 0 Å². The molecule has 0 fully saturated rings. The van der Waals surface area contributed by atoms with Crippen molar-refractivity contribution in [3.05, 3.63) is 28.8 Å². The monoisotopic (exact) mass is 272 g/mol. The number of aliphatic hydroxyl groups excluding tert-OH is 1. The summed E-state index contributed by atoms with van der Waals surface area (Å²) >= 11 is 5.95. The molecule has 0 aromatic heterocycles. The van der Waals surface area contributed by atoms with Gasteiger partial charge in [-0.3, -0.25) is 0 Å². The molecule has 0 heterocycles. The molecule has 0 bridgehead atoms. The third kappa shape index (κ3) is 4.84. The molecule has 1 N–H and O–H groups in total. The van der Waals surface area contributed by atoms with Crippen molar-refractivity contribution in [2.24, 2.45) is 0 Å². The van der Waals surface area contributed by atoms with E-state index in [2.05, 4.69) is 0 Å². The van der Waals surface area contributed by atoms with E-state index in [0.717, 1.165) is 17.7 Å². The van der Waals surface area contributed by atoms with Crippen molar-refractivity contribution in [2.45, 2.75) is 38.4 Å². The highest BCUT2D eigenvalue weighted by atomic mass is 35.5. The normalized spacial score (nSPS) is 14.3. The van der Waals surface area contributed by atoms with Crippen LogP contribution in [0.25, 0.3) is 0 Å². The van der Waals surface area contributed by atoms with E-state index in [1.54, 1.807) is 20.3 Å². The average molecular weight is 273 g/mol. The zero-order chi connectivity index (χ0) is 13.5. The van der Waals surface area contributed by atoms with Crippen LogP contribution in [0.1, 0.15) is 25.3 Å². The van der Waals surface area contributed by atoms with Crippen molar-refractivity contribution >= 4 is 11.6 Å². The fraction of sp³-hybridized carbons (Fsp3) is 0.571. The zero-order valence-corrected chi connectivity index (χ0v) is 11.9. The van der Waals surface area contributed by atoms with Crippen LogP contribution in [-0.4, -0.2) is 31.5 Å². The predicted molar refractivity (Wildman–Crippen MR) is 73.4 cm³/mol. The molecule has 2 atom stereocenters. The van der Waals surface area contributed by atoms with Gasteiger partial charge in [-0.1, -0.05) is 11.6 Å². The van der Waals surface area contributed by atoms with E-state index in [9.17, 15) is 5.11 Å². The first-order chi connectivity index (χ1) is 8.56. The first-order valence-electron chi connectivity index (χ1n) is 6.10. The molecule has 18 heavy (non-hydrogen) atoms. The van der Waals surface area contributed by atoms with Gasteiger partial charge in [-0.05, 0) is 43.5 Å². The number of halogens is 1. The van der Waals surface area contributed by atoms with E-state index in [4.69, 9.17) is 21.1 Å². The van der Waals surface area contributed by atoms with Crippen LogP contribution in [0.15, 0.2) is 18.2 Å². The molecule has 0 aliphatic carbocycles. The molecule has 0 saturated carbocycles. The summed E-state index contributed by atoms with van der Waals surface area (Å²) in [5.74, 6) is 0.762. The van der Waals surface area contributed by atoms with Crippen LogP contribution in [0.5, 0.6) is 5.75 Å². The Hall–Kier alpha value is -0.770. The predicted octanol–water partition coefficient (Wildman–Crippen LogP) is 3.07. The summed E-state index contributed by atoms with van der Waals surface area (Å²) in [6, 6.07) is 5.44. The number of hydrogen-bond donors (Lipinski definition) is 1. The maximum atomic E-state index is 10.0. The molecule has 0 spiro atoms. The zero-order valence-electron chi connectivity index (χ0n) is 11.1. The highest BCUT2D eigenvalue weighted by Gasteiger charge is 2.12. The van der Waals surface area contributed by atoms with E-state index in [0.29, 0.717) is 17.9 Å². The highest BCUT2D eigenvalue weighted by molar-refractivity contribution is 6.30. The Balaban J connectivity index is 2.57. The Morgan fingerprint density at radius 1 is 1.28 bits per heavy atom. The van der Waals surface area contributed by atoms with Crippen LogP contribution in [-0.2, 0) is 11.2 Å². The summed E-state index contributed by atoms with van der Waals surface area (Å²) in [6.07, 6.45) is 1.83. The Bertz CT molecular complexity index is 368. The summed E-state index contributed by atoms with van der Waals surface area (Å²) in [6.45, 7) is 1.99. The highest BCUT2D eigenvalue weighted by Crippen LogP contribution is 2.24. The maximum absolute atomic E-state index is 10.0. The molecule has 1 aromatic rings. The largest absolute Gasteiger partial charge is 0.496 e. The SMILES string of the molecule is COc1ccc(Cl)cc1CC(O)CCC(C)OC. The first kappa shape index (κ1) is 15.3. The van der Waals surface area contributed by atoms with Crippen molar-refractivity contribution in [1.82, 2.24) is 0 Å². The third-order valence-electron chi connectivity index (χ3n) is 3.01. The van der Waals surface area contributed by atoms with Gasteiger partial charge >= 0.3 is 0 Å². The number of rotatable bonds is 7. The number of hydrogen-bond acceptors (Lipinski definition) is 3. The molecular formula is C14H21ClO3. The minimum Gasteiger partial charge on any atom is -0.496 e. The van der Waals surface area contributed by atoms with Gasteiger partial charge in [0.25, 0.3) is 0 Å². The molecular weight excluding hydrogens is 252 g/mol. The Labute approximate surface area is 114 Å². The smallest absolute Gasteiger partial charge is 0.122 e. The van der Waals surface area contributed by atoms with E-state index in [1.165, 1.54) is 0 Å². The van der Waals surface area contributed by atoms with Gasteiger partial charge in [-0.25, -0.2) is 0 Å². The fourth-order valence-corrected chi connectivity index (χ4v) is 2.00. The number of methoxy groups -OCH3 is 2. The summed E-state index contributed by atoms with van der Waals surface area (Å²) in [5, 5.41) is 10.7.